The zero-order chi connectivity index (χ0) is 13.2. The lowest BCUT2D eigenvalue weighted by atomic mass is 10.1. The summed E-state index contributed by atoms with van der Waals surface area (Å²) in [5, 5.41) is 22.6. The molecule has 0 aromatic heterocycles. The zero-order valence-electron chi connectivity index (χ0n) is 9.33. The van der Waals surface area contributed by atoms with Crippen LogP contribution in [0.3, 0.4) is 0 Å². The van der Waals surface area contributed by atoms with Crippen molar-refractivity contribution in [2.24, 2.45) is 0 Å². The van der Waals surface area contributed by atoms with Crippen LogP contribution in [0.25, 0.3) is 0 Å². The first-order valence-corrected chi connectivity index (χ1v) is 5.58. The van der Waals surface area contributed by atoms with Crippen LogP contribution in [0, 0.1) is 15.9 Å². The van der Waals surface area contributed by atoms with Gasteiger partial charge >= 0.3 is 5.69 Å². The summed E-state index contributed by atoms with van der Waals surface area (Å²) >= 11 is 3.06. The molecular weight excluding hydrogens is 295 g/mol. The third-order valence-electron chi connectivity index (χ3n) is 2.08. The molecule has 0 amide bonds. The second-order valence-corrected chi connectivity index (χ2v) is 5.12. The predicted molar refractivity (Wildman–Crippen MR) is 65.5 cm³/mol. The highest BCUT2D eigenvalue weighted by molar-refractivity contribution is 9.10. The lowest BCUT2D eigenvalue weighted by molar-refractivity contribution is -0.386. The summed E-state index contributed by atoms with van der Waals surface area (Å²) < 4.78 is 13.9. The molecule has 94 valence electrons. The minimum atomic E-state index is -0.930. The smallest absolute Gasteiger partial charge is 0.327 e. The Morgan fingerprint density at radius 1 is 1.59 bits per heavy atom. The molecule has 0 aliphatic heterocycles. The number of nitro groups is 1. The minimum Gasteiger partial charge on any atom is -0.394 e. The maximum Gasteiger partial charge on any atom is 0.327 e. The molecule has 5 nitrogen and oxygen atoms in total. The van der Waals surface area contributed by atoms with Crippen LogP contribution in [0.15, 0.2) is 16.6 Å². The van der Waals surface area contributed by atoms with Gasteiger partial charge in [0, 0.05) is 4.47 Å². The van der Waals surface area contributed by atoms with Crippen LogP contribution in [0.5, 0.6) is 0 Å². The fraction of sp³-hybridized carbons (Fsp3) is 0.400. The highest BCUT2D eigenvalue weighted by Crippen LogP contribution is 2.33. The molecule has 0 spiro atoms. The summed E-state index contributed by atoms with van der Waals surface area (Å²) in [6.45, 7) is 3.06. The monoisotopic (exact) mass is 306 g/mol. The van der Waals surface area contributed by atoms with E-state index in [0.29, 0.717) is 4.47 Å². The molecule has 1 rings (SSSR count). The second-order valence-electron chi connectivity index (χ2n) is 4.21. The summed E-state index contributed by atoms with van der Waals surface area (Å²) in [6.07, 6.45) is 0. The molecule has 0 heterocycles. The van der Waals surface area contributed by atoms with Gasteiger partial charge in [0.15, 0.2) is 0 Å². The number of aliphatic hydroxyl groups is 1. The fourth-order valence-electron chi connectivity index (χ4n) is 1.25. The molecule has 0 saturated carbocycles. The van der Waals surface area contributed by atoms with Crippen LogP contribution in [0.1, 0.15) is 13.8 Å². The van der Waals surface area contributed by atoms with Crippen molar-refractivity contribution >= 4 is 27.3 Å². The van der Waals surface area contributed by atoms with Crippen LogP contribution in [0.2, 0.25) is 0 Å². The number of nitrogens with one attached hydrogen (secondary N) is 1. The summed E-state index contributed by atoms with van der Waals surface area (Å²) in [5.41, 5.74) is -1.38. The molecule has 17 heavy (non-hydrogen) atoms. The van der Waals surface area contributed by atoms with Crippen molar-refractivity contribution in [3.05, 3.63) is 32.5 Å². The summed E-state index contributed by atoms with van der Waals surface area (Å²) in [7, 11) is 0. The number of anilines is 1. The van der Waals surface area contributed by atoms with Crippen molar-refractivity contribution in [1.82, 2.24) is 0 Å². The van der Waals surface area contributed by atoms with Gasteiger partial charge in [0.05, 0.1) is 17.1 Å². The molecule has 7 heteroatoms. The Morgan fingerprint density at radius 2 is 2.18 bits per heavy atom. The molecule has 0 bridgehead atoms. The number of hydrogen-bond donors (Lipinski definition) is 2. The van der Waals surface area contributed by atoms with Crippen LogP contribution >= 0.6 is 15.9 Å². The topological polar surface area (TPSA) is 75.4 Å². The molecule has 0 radical (unpaired) electrons. The normalized spacial score (nSPS) is 11.4. The minimum absolute atomic E-state index is 0.0286. The first-order valence-electron chi connectivity index (χ1n) is 4.79. The van der Waals surface area contributed by atoms with E-state index in [1.165, 1.54) is 6.07 Å². The summed E-state index contributed by atoms with van der Waals surface area (Å²) in [5.74, 6) is -0.930. The predicted octanol–water partition coefficient (Wildman–Crippen LogP) is 2.68. The fourth-order valence-corrected chi connectivity index (χ4v) is 1.68. The molecule has 0 unspecified atom stereocenters. The number of benzene rings is 1. The average molecular weight is 307 g/mol. The Morgan fingerprint density at radius 3 is 2.65 bits per heavy atom. The molecule has 2 N–H and O–H groups in total. The maximum atomic E-state index is 13.5. The highest BCUT2D eigenvalue weighted by atomic mass is 79.9. The van der Waals surface area contributed by atoms with Crippen LogP contribution in [-0.4, -0.2) is 22.2 Å². The Kier molecular flexibility index (Phi) is 4.05. The van der Waals surface area contributed by atoms with Gasteiger partial charge in [-0.15, -0.1) is 0 Å². The van der Waals surface area contributed by atoms with Crippen LogP contribution in [0.4, 0.5) is 15.8 Å². The average Bonchev–Trinajstić information content (AvgIpc) is 2.14. The van der Waals surface area contributed by atoms with E-state index in [1.807, 2.05) is 0 Å². The third-order valence-corrected chi connectivity index (χ3v) is 2.54. The largest absolute Gasteiger partial charge is 0.394 e. The Bertz CT molecular complexity index is 451. The van der Waals surface area contributed by atoms with E-state index in [2.05, 4.69) is 21.2 Å². The van der Waals surface area contributed by atoms with Crippen molar-refractivity contribution in [3.8, 4) is 0 Å². The standard InChI is InChI=1S/C10H12BrFN2O3/c1-10(2,5-15)13-8-4-6(11)3-7(12)9(8)14(16)17/h3-4,13,15H,5H2,1-2H3. The van der Waals surface area contributed by atoms with E-state index < -0.39 is 22.0 Å². The van der Waals surface area contributed by atoms with Crippen LogP contribution in [-0.2, 0) is 0 Å². The lowest BCUT2D eigenvalue weighted by Gasteiger charge is -2.24. The highest BCUT2D eigenvalue weighted by Gasteiger charge is 2.26. The van der Waals surface area contributed by atoms with E-state index in [-0.39, 0.29) is 12.3 Å². The SMILES string of the molecule is CC(C)(CO)Nc1cc(Br)cc(F)c1[N+](=O)[O-]. The number of rotatable bonds is 4. The van der Waals surface area contributed by atoms with Gasteiger partial charge in [0.2, 0.25) is 5.82 Å². The van der Waals surface area contributed by atoms with Gasteiger partial charge in [-0.2, -0.15) is 4.39 Å². The molecule has 0 saturated heterocycles. The van der Waals surface area contributed by atoms with E-state index in [1.54, 1.807) is 13.8 Å². The number of nitro benzene ring substituents is 1. The number of hydrogen-bond acceptors (Lipinski definition) is 4. The van der Waals surface area contributed by atoms with Gasteiger partial charge in [-0.05, 0) is 26.0 Å². The second kappa shape index (κ2) is 4.97. The molecule has 1 aromatic rings. The molecule has 0 atom stereocenters. The number of halogens is 2. The van der Waals surface area contributed by atoms with Gasteiger partial charge in [-0.1, -0.05) is 15.9 Å². The van der Waals surface area contributed by atoms with Crippen molar-refractivity contribution in [2.45, 2.75) is 19.4 Å². The number of aliphatic hydroxyl groups excluding tert-OH is 1. The first kappa shape index (κ1) is 13.9. The number of nitrogens with zero attached hydrogens (tertiary/aromatic N) is 1. The zero-order valence-corrected chi connectivity index (χ0v) is 10.9. The van der Waals surface area contributed by atoms with Gasteiger partial charge < -0.3 is 10.4 Å². The van der Waals surface area contributed by atoms with Gasteiger partial charge in [0.1, 0.15) is 5.69 Å². The first-order chi connectivity index (χ1) is 7.76. The molecular formula is C10H12BrFN2O3. The molecule has 0 fully saturated rings. The van der Waals surface area contributed by atoms with Gasteiger partial charge in [-0.25, -0.2) is 0 Å². The molecule has 0 aliphatic carbocycles. The van der Waals surface area contributed by atoms with Crippen LogP contribution < -0.4 is 5.32 Å². The Balaban J connectivity index is 3.26. The molecule has 1 aromatic carbocycles. The van der Waals surface area contributed by atoms with Crippen molar-refractivity contribution in [2.75, 3.05) is 11.9 Å². The quantitative estimate of drug-likeness (QED) is 0.662. The van der Waals surface area contributed by atoms with E-state index >= 15 is 0 Å². The third kappa shape index (κ3) is 3.37. The van der Waals surface area contributed by atoms with E-state index in [0.717, 1.165) is 6.07 Å². The summed E-state index contributed by atoms with van der Waals surface area (Å²) in [4.78, 5) is 9.98. The van der Waals surface area contributed by atoms with E-state index in [9.17, 15) is 14.5 Å². The Labute approximate surface area is 106 Å². The van der Waals surface area contributed by atoms with Gasteiger partial charge in [-0.3, -0.25) is 10.1 Å². The summed E-state index contributed by atoms with van der Waals surface area (Å²) in [6, 6.07) is 2.42. The van der Waals surface area contributed by atoms with Crippen molar-refractivity contribution in [1.29, 1.82) is 0 Å². The maximum absolute atomic E-state index is 13.5. The lowest BCUT2D eigenvalue weighted by Crippen LogP contribution is -2.35. The van der Waals surface area contributed by atoms with Crippen molar-refractivity contribution in [3.63, 3.8) is 0 Å². The van der Waals surface area contributed by atoms with E-state index in [4.69, 9.17) is 5.11 Å². The Hall–Kier alpha value is -1.21. The van der Waals surface area contributed by atoms with Gasteiger partial charge in [0.25, 0.3) is 0 Å². The molecule has 0 aliphatic rings. The van der Waals surface area contributed by atoms with Crippen molar-refractivity contribution < 1.29 is 14.4 Å².